The Morgan fingerprint density at radius 2 is 1.48 bits per heavy atom. The van der Waals surface area contributed by atoms with E-state index in [1.165, 1.54) is 0 Å². The molecule has 0 aliphatic carbocycles. The van der Waals surface area contributed by atoms with E-state index in [-0.39, 0.29) is 16.5 Å². The third kappa shape index (κ3) is 5.47. The maximum Gasteiger partial charge on any atom is 0.338 e. The van der Waals surface area contributed by atoms with Gasteiger partial charge in [-0.1, -0.05) is 45.0 Å². The fourth-order valence-electron chi connectivity index (χ4n) is 2.52. The van der Waals surface area contributed by atoms with Crippen molar-refractivity contribution in [3.63, 3.8) is 0 Å². The SMILES string of the molecule is COC(=O)c1cc(C(=O)OCC(=O)c2ccc(C(C)(C)C)cc2)cc([N+](=O)[O-])c1. The van der Waals surface area contributed by atoms with E-state index in [2.05, 4.69) is 4.74 Å². The number of non-ortho nitro benzene ring substituents is 1. The lowest BCUT2D eigenvalue weighted by Crippen LogP contribution is -2.16. The molecule has 8 nitrogen and oxygen atoms in total. The normalized spacial score (nSPS) is 10.9. The quantitative estimate of drug-likeness (QED) is 0.315. The molecule has 2 rings (SSSR count). The number of methoxy groups -OCH3 is 1. The van der Waals surface area contributed by atoms with Gasteiger partial charge in [0.2, 0.25) is 0 Å². The molecule has 2 aromatic carbocycles. The topological polar surface area (TPSA) is 113 Å². The first-order valence-corrected chi connectivity index (χ1v) is 8.71. The first kappa shape index (κ1) is 21.7. The van der Waals surface area contributed by atoms with Crippen molar-refractivity contribution in [3.05, 3.63) is 74.8 Å². The number of nitro benzene ring substituents is 1. The summed E-state index contributed by atoms with van der Waals surface area (Å²) in [7, 11) is 1.11. The smallest absolute Gasteiger partial charge is 0.338 e. The van der Waals surface area contributed by atoms with E-state index in [1.807, 2.05) is 32.9 Å². The van der Waals surface area contributed by atoms with E-state index >= 15 is 0 Å². The van der Waals surface area contributed by atoms with Crippen molar-refractivity contribution in [2.24, 2.45) is 0 Å². The summed E-state index contributed by atoms with van der Waals surface area (Å²) in [4.78, 5) is 46.5. The summed E-state index contributed by atoms with van der Waals surface area (Å²) < 4.78 is 9.51. The minimum Gasteiger partial charge on any atom is -0.465 e. The molecule has 0 amide bonds. The van der Waals surface area contributed by atoms with Crippen LogP contribution in [0.3, 0.4) is 0 Å². The molecule has 0 fully saturated rings. The number of ether oxygens (including phenoxy) is 2. The van der Waals surface area contributed by atoms with E-state index < -0.39 is 34.9 Å². The van der Waals surface area contributed by atoms with Crippen LogP contribution in [0.1, 0.15) is 57.4 Å². The fraction of sp³-hybridized carbons (Fsp3) is 0.286. The second-order valence-corrected chi connectivity index (χ2v) is 7.34. The lowest BCUT2D eigenvalue weighted by atomic mass is 9.86. The predicted molar refractivity (Wildman–Crippen MR) is 104 cm³/mol. The van der Waals surface area contributed by atoms with E-state index in [4.69, 9.17) is 4.74 Å². The van der Waals surface area contributed by atoms with Gasteiger partial charge in [0.05, 0.1) is 23.2 Å². The van der Waals surface area contributed by atoms with E-state index in [0.29, 0.717) is 5.56 Å². The molecule has 0 aromatic heterocycles. The van der Waals surface area contributed by atoms with Crippen LogP contribution in [0.15, 0.2) is 42.5 Å². The predicted octanol–water partition coefficient (Wildman–Crippen LogP) is 3.72. The van der Waals surface area contributed by atoms with Gasteiger partial charge in [0, 0.05) is 17.7 Å². The minimum absolute atomic E-state index is 0.0621. The Bertz CT molecular complexity index is 956. The number of hydrogen-bond acceptors (Lipinski definition) is 7. The van der Waals surface area contributed by atoms with Crippen LogP contribution in [0, 0.1) is 10.1 Å². The third-order valence-electron chi connectivity index (χ3n) is 4.19. The zero-order valence-corrected chi connectivity index (χ0v) is 16.6. The molecule has 0 spiro atoms. The van der Waals surface area contributed by atoms with Crippen molar-refractivity contribution in [2.75, 3.05) is 13.7 Å². The molecule has 0 saturated carbocycles. The van der Waals surface area contributed by atoms with Gasteiger partial charge in [-0.2, -0.15) is 0 Å². The molecule has 2 aromatic rings. The molecule has 0 heterocycles. The van der Waals surface area contributed by atoms with Crippen molar-refractivity contribution in [2.45, 2.75) is 26.2 Å². The molecular formula is C21H21NO7. The number of Topliss-reactive ketones (excluding diaryl/α,β-unsaturated/α-hetero) is 1. The average molecular weight is 399 g/mol. The Kier molecular flexibility index (Phi) is 6.48. The maximum absolute atomic E-state index is 12.3. The Balaban J connectivity index is 2.14. The van der Waals surface area contributed by atoms with Crippen LogP contribution in [0.2, 0.25) is 0 Å². The number of esters is 2. The Hall–Kier alpha value is -3.55. The molecular weight excluding hydrogens is 378 g/mol. The van der Waals surface area contributed by atoms with Gasteiger partial charge in [-0.05, 0) is 17.0 Å². The number of carbonyl (C=O) groups excluding carboxylic acids is 3. The van der Waals surface area contributed by atoms with Crippen molar-refractivity contribution >= 4 is 23.4 Å². The largest absolute Gasteiger partial charge is 0.465 e. The number of carbonyl (C=O) groups is 3. The van der Waals surface area contributed by atoms with Gasteiger partial charge in [-0.3, -0.25) is 14.9 Å². The monoisotopic (exact) mass is 399 g/mol. The van der Waals surface area contributed by atoms with Crippen LogP contribution in [0.4, 0.5) is 5.69 Å². The Morgan fingerprint density at radius 1 is 0.931 bits per heavy atom. The van der Waals surface area contributed by atoms with Gasteiger partial charge in [-0.15, -0.1) is 0 Å². The molecule has 0 N–H and O–H groups in total. The first-order chi connectivity index (χ1) is 13.5. The highest BCUT2D eigenvalue weighted by molar-refractivity contribution is 6.00. The minimum atomic E-state index is -0.960. The van der Waals surface area contributed by atoms with Gasteiger partial charge in [0.1, 0.15) is 0 Å². The first-order valence-electron chi connectivity index (χ1n) is 8.71. The molecule has 29 heavy (non-hydrogen) atoms. The summed E-state index contributed by atoms with van der Waals surface area (Å²) >= 11 is 0. The van der Waals surface area contributed by atoms with Crippen LogP contribution < -0.4 is 0 Å². The number of nitro groups is 1. The molecule has 0 unspecified atom stereocenters. The standard InChI is InChI=1S/C21H21NO7/c1-21(2,3)16-7-5-13(6-8-16)18(23)12-29-20(25)15-9-14(19(24)28-4)10-17(11-15)22(26)27/h5-11H,12H2,1-4H3. The van der Waals surface area contributed by atoms with Crippen LogP contribution in [-0.4, -0.2) is 36.4 Å². The summed E-state index contributed by atoms with van der Waals surface area (Å²) in [6.45, 7) is 5.61. The van der Waals surface area contributed by atoms with Crippen LogP contribution in [-0.2, 0) is 14.9 Å². The molecule has 0 bridgehead atoms. The molecule has 152 valence electrons. The van der Waals surface area contributed by atoms with Gasteiger partial charge in [0.25, 0.3) is 5.69 Å². The highest BCUT2D eigenvalue weighted by atomic mass is 16.6. The molecule has 0 radical (unpaired) electrons. The second-order valence-electron chi connectivity index (χ2n) is 7.34. The van der Waals surface area contributed by atoms with Gasteiger partial charge in [0.15, 0.2) is 12.4 Å². The summed E-state index contributed by atoms with van der Waals surface area (Å²) in [6.07, 6.45) is 0. The molecule has 0 saturated heterocycles. The zero-order chi connectivity index (χ0) is 21.8. The Labute approximate surface area is 167 Å². The van der Waals surface area contributed by atoms with Crippen molar-refractivity contribution in [3.8, 4) is 0 Å². The number of benzene rings is 2. The summed E-state index contributed by atoms with van der Waals surface area (Å²) in [5.74, 6) is -2.21. The van der Waals surface area contributed by atoms with Gasteiger partial charge < -0.3 is 9.47 Å². The second kappa shape index (κ2) is 8.64. The van der Waals surface area contributed by atoms with Crippen LogP contribution >= 0.6 is 0 Å². The average Bonchev–Trinajstić information content (AvgIpc) is 2.70. The fourth-order valence-corrected chi connectivity index (χ4v) is 2.52. The summed E-state index contributed by atoms with van der Waals surface area (Å²) in [5, 5.41) is 11.0. The van der Waals surface area contributed by atoms with E-state index in [0.717, 1.165) is 30.9 Å². The van der Waals surface area contributed by atoms with Crippen LogP contribution in [0.25, 0.3) is 0 Å². The zero-order valence-electron chi connectivity index (χ0n) is 16.6. The van der Waals surface area contributed by atoms with Crippen molar-refractivity contribution < 1.29 is 28.8 Å². The highest BCUT2D eigenvalue weighted by Gasteiger charge is 2.20. The van der Waals surface area contributed by atoms with Crippen molar-refractivity contribution in [1.29, 1.82) is 0 Å². The molecule has 0 aliphatic rings. The number of hydrogen-bond donors (Lipinski definition) is 0. The Morgan fingerprint density at radius 3 is 1.97 bits per heavy atom. The number of rotatable bonds is 6. The van der Waals surface area contributed by atoms with Gasteiger partial charge >= 0.3 is 11.9 Å². The molecule has 8 heteroatoms. The summed E-state index contributed by atoms with van der Waals surface area (Å²) in [6, 6.07) is 10.0. The third-order valence-corrected chi connectivity index (χ3v) is 4.19. The van der Waals surface area contributed by atoms with E-state index in [1.54, 1.807) is 12.1 Å². The lowest BCUT2D eigenvalue weighted by Gasteiger charge is -2.18. The summed E-state index contributed by atoms with van der Waals surface area (Å²) in [5.41, 5.74) is 0.503. The van der Waals surface area contributed by atoms with Gasteiger partial charge in [-0.25, -0.2) is 9.59 Å². The van der Waals surface area contributed by atoms with Crippen LogP contribution in [0.5, 0.6) is 0 Å². The molecule has 0 atom stereocenters. The highest BCUT2D eigenvalue weighted by Crippen LogP contribution is 2.22. The maximum atomic E-state index is 12.3. The number of nitrogens with zero attached hydrogens (tertiary/aromatic N) is 1. The van der Waals surface area contributed by atoms with Crippen molar-refractivity contribution in [1.82, 2.24) is 0 Å². The lowest BCUT2D eigenvalue weighted by molar-refractivity contribution is -0.384. The number of ketones is 1. The molecule has 0 aliphatic heterocycles. The van der Waals surface area contributed by atoms with E-state index in [9.17, 15) is 24.5 Å².